The number of nitrogens with zero attached hydrogens (tertiary/aromatic N) is 1. The molecule has 3 rings (SSSR count). The van der Waals surface area contributed by atoms with Crippen LogP contribution >= 0.6 is 0 Å². The third-order valence-electron chi connectivity index (χ3n) is 3.85. The Morgan fingerprint density at radius 1 is 0.808 bits per heavy atom. The van der Waals surface area contributed by atoms with Gasteiger partial charge in [0.05, 0.1) is 5.69 Å². The first kappa shape index (κ1) is 17.4. The van der Waals surface area contributed by atoms with E-state index in [0.29, 0.717) is 17.1 Å². The number of nitrogens with one attached hydrogen (secondary N) is 2. The number of aromatic nitrogens is 1. The van der Waals surface area contributed by atoms with Crippen LogP contribution in [-0.2, 0) is 9.59 Å². The van der Waals surface area contributed by atoms with E-state index in [1.165, 1.54) is 6.92 Å². The first-order valence-electron chi connectivity index (χ1n) is 8.28. The Hall–Kier alpha value is -3.47. The van der Waals surface area contributed by atoms with E-state index in [4.69, 9.17) is 0 Å². The molecule has 0 spiro atoms. The highest BCUT2D eigenvalue weighted by molar-refractivity contribution is 5.98. The van der Waals surface area contributed by atoms with Crippen LogP contribution in [-0.4, -0.2) is 16.8 Å². The van der Waals surface area contributed by atoms with Gasteiger partial charge in [-0.2, -0.15) is 0 Å². The third kappa shape index (κ3) is 4.33. The lowest BCUT2D eigenvalue weighted by atomic mass is 9.94. The van der Waals surface area contributed by atoms with Crippen LogP contribution in [0.1, 0.15) is 24.1 Å². The van der Waals surface area contributed by atoms with Crippen LogP contribution in [0.2, 0.25) is 0 Å². The fourth-order valence-corrected chi connectivity index (χ4v) is 2.70. The molecule has 0 aliphatic heterocycles. The molecule has 26 heavy (non-hydrogen) atoms. The van der Waals surface area contributed by atoms with E-state index in [1.54, 1.807) is 30.5 Å². The molecule has 0 saturated carbocycles. The van der Waals surface area contributed by atoms with Crippen LogP contribution in [0.15, 0.2) is 79.0 Å². The number of rotatable bonds is 5. The van der Waals surface area contributed by atoms with E-state index < -0.39 is 5.92 Å². The first-order valence-corrected chi connectivity index (χ1v) is 8.28. The Kier molecular flexibility index (Phi) is 5.39. The largest absolute Gasteiger partial charge is 0.326 e. The summed E-state index contributed by atoms with van der Waals surface area (Å²) in [6.07, 6.45) is 1.68. The Morgan fingerprint density at radius 3 is 2.00 bits per heavy atom. The normalized spacial score (nSPS) is 11.4. The Balaban J connectivity index is 1.83. The summed E-state index contributed by atoms with van der Waals surface area (Å²) in [5.41, 5.74) is 2.89. The molecule has 5 heteroatoms. The van der Waals surface area contributed by atoms with Crippen LogP contribution in [0, 0.1) is 0 Å². The van der Waals surface area contributed by atoms with Gasteiger partial charge in [0.1, 0.15) is 5.92 Å². The monoisotopic (exact) mass is 345 g/mol. The quantitative estimate of drug-likeness (QED) is 0.739. The van der Waals surface area contributed by atoms with Crippen LogP contribution in [0.3, 0.4) is 0 Å². The summed E-state index contributed by atoms with van der Waals surface area (Å²) in [6, 6.07) is 22.1. The van der Waals surface area contributed by atoms with Gasteiger partial charge in [0, 0.05) is 24.5 Å². The molecule has 2 amide bonds. The number of carbonyl (C=O) groups excluding carboxylic acids is 2. The van der Waals surface area contributed by atoms with Crippen LogP contribution in [0.25, 0.3) is 0 Å². The highest BCUT2D eigenvalue weighted by Gasteiger charge is 2.23. The average Bonchev–Trinajstić information content (AvgIpc) is 2.65. The SMILES string of the molecule is CC(=O)Nc1ccc(NC(=O)C(c2ccccc2)c2ccccn2)cc1. The van der Waals surface area contributed by atoms with Gasteiger partial charge in [0.15, 0.2) is 0 Å². The lowest BCUT2D eigenvalue weighted by Gasteiger charge is -2.17. The van der Waals surface area contributed by atoms with Crippen molar-refractivity contribution in [1.29, 1.82) is 0 Å². The van der Waals surface area contributed by atoms with Gasteiger partial charge in [0.2, 0.25) is 11.8 Å². The predicted octanol–water partition coefficient (Wildman–Crippen LogP) is 3.81. The van der Waals surface area contributed by atoms with E-state index >= 15 is 0 Å². The van der Waals surface area contributed by atoms with Crippen LogP contribution in [0.5, 0.6) is 0 Å². The Labute approximate surface area is 152 Å². The van der Waals surface area contributed by atoms with Crippen molar-refractivity contribution in [2.45, 2.75) is 12.8 Å². The Morgan fingerprint density at radius 2 is 1.42 bits per heavy atom. The predicted molar refractivity (Wildman–Crippen MR) is 102 cm³/mol. The molecule has 1 atom stereocenters. The first-order chi connectivity index (χ1) is 12.6. The maximum Gasteiger partial charge on any atom is 0.237 e. The zero-order valence-corrected chi connectivity index (χ0v) is 14.3. The average molecular weight is 345 g/mol. The number of benzene rings is 2. The summed E-state index contributed by atoms with van der Waals surface area (Å²) >= 11 is 0. The van der Waals surface area contributed by atoms with Crippen molar-refractivity contribution >= 4 is 23.2 Å². The van der Waals surface area contributed by atoms with Crippen molar-refractivity contribution < 1.29 is 9.59 Å². The molecule has 2 N–H and O–H groups in total. The second-order valence-electron chi connectivity index (χ2n) is 5.85. The van der Waals surface area contributed by atoms with E-state index in [0.717, 1.165) is 5.56 Å². The summed E-state index contributed by atoms with van der Waals surface area (Å²) in [7, 11) is 0. The maximum absolute atomic E-state index is 13.0. The minimum Gasteiger partial charge on any atom is -0.326 e. The number of amides is 2. The lowest BCUT2D eigenvalue weighted by Crippen LogP contribution is -2.23. The molecule has 130 valence electrons. The molecule has 0 radical (unpaired) electrons. The molecule has 0 saturated heterocycles. The molecule has 1 aromatic heterocycles. The third-order valence-corrected chi connectivity index (χ3v) is 3.85. The highest BCUT2D eigenvalue weighted by Crippen LogP contribution is 2.25. The van der Waals surface area contributed by atoms with Crippen molar-refractivity contribution in [3.05, 3.63) is 90.3 Å². The zero-order chi connectivity index (χ0) is 18.4. The van der Waals surface area contributed by atoms with E-state index in [2.05, 4.69) is 15.6 Å². The number of pyridine rings is 1. The van der Waals surface area contributed by atoms with Gasteiger partial charge in [0.25, 0.3) is 0 Å². The molecule has 3 aromatic rings. The van der Waals surface area contributed by atoms with Gasteiger partial charge in [-0.25, -0.2) is 0 Å². The second-order valence-corrected chi connectivity index (χ2v) is 5.85. The molecule has 0 aliphatic rings. The molecule has 1 heterocycles. The van der Waals surface area contributed by atoms with E-state index in [9.17, 15) is 9.59 Å². The standard InChI is InChI=1S/C21H19N3O2/c1-15(25)23-17-10-12-18(13-11-17)24-21(26)20(16-7-3-2-4-8-16)19-9-5-6-14-22-19/h2-14,20H,1H3,(H,23,25)(H,24,26). The zero-order valence-electron chi connectivity index (χ0n) is 14.3. The van der Waals surface area contributed by atoms with Crippen LogP contribution < -0.4 is 10.6 Å². The van der Waals surface area contributed by atoms with Gasteiger partial charge in [-0.1, -0.05) is 36.4 Å². The number of anilines is 2. The number of carbonyl (C=O) groups is 2. The van der Waals surface area contributed by atoms with Gasteiger partial charge in [-0.15, -0.1) is 0 Å². The lowest BCUT2D eigenvalue weighted by molar-refractivity contribution is -0.117. The van der Waals surface area contributed by atoms with E-state index in [-0.39, 0.29) is 11.8 Å². The molecule has 0 bridgehead atoms. The van der Waals surface area contributed by atoms with E-state index in [1.807, 2.05) is 48.5 Å². The van der Waals surface area contributed by atoms with Crippen molar-refractivity contribution in [1.82, 2.24) is 4.98 Å². The topological polar surface area (TPSA) is 71.1 Å². The smallest absolute Gasteiger partial charge is 0.237 e. The maximum atomic E-state index is 13.0. The minimum absolute atomic E-state index is 0.138. The van der Waals surface area contributed by atoms with Gasteiger partial charge in [-0.05, 0) is 42.0 Å². The van der Waals surface area contributed by atoms with Crippen molar-refractivity contribution in [2.24, 2.45) is 0 Å². The second kappa shape index (κ2) is 8.07. The highest BCUT2D eigenvalue weighted by atomic mass is 16.2. The molecular formula is C21H19N3O2. The van der Waals surface area contributed by atoms with Crippen molar-refractivity contribution in [3.63, 3.8) is 0 Å². The molecule has 1 unspecified atom stereocenters. The van der Waals surface area contributed by atoms with Gasteiger partial charge < -0.3 is 10.6 Å². The molecule has 0 aliphatic carbocycles. The molecular weight excluding hydrogens is 326 g/mol. The van der Waals surface area contributed by atoms with Crippen LogP contribution in [0.4, 0.5) is 11.4 Å². The molecule has 0 fully saturated rings. The van der Waals surface area contributed by atoms with Crippen molar-refractivity contribution in [2.75, 3.05) is 10.6 Å². The van der Waals surface area contributed by atoms with Crippen molar-refractivity contribution in [3.8, 4) is 0 Å². The molecule has 5 nitrogen and oxygen atoms in total. The summed E-state index contributed by atoms with van der Waals surface area (Å²) < 4.78 is 0. The fourth-order valence-electron chi connectivity index (χ4n) is 2.70. The van der Waals surface area contributed by atoms with Gasteiger partial charge in [-0.3, -0.25) is 14.6 Å². The summed E-state index contributed by atoms with van der Waals surface area (Å²) in [5, 5.41) is 5.63. The number of hydrogen-bond acceptors (Lipinski definition) is 3. The minimum atomic E-state index is -0.507. The summed E-state index contributed by atoms with van der Waals surface area (Å²) in [4.78, 5) is 28.4. The summed E-state index contributed by atoms with van der Waals surface area (Å²) in [5.74, 6) is -0.810. The Bertz CT molecular complexity index is 839. The number of hydrogen-bond donors (Lipinski definition) is 2. The fraction of sp³-hybridized carbons (Fsp3) is 0.0952. The molecule has 2 aromatic carbocycles. The summed E-state index contributed by atoms with van der Waals surface area (Å²) in [6.45, 7) is 1.45. The van der Waals surface area contributed by atoms with Gasteiger partial charge >= 0.3 is 0 Å².